The number of benzene rings is 1. The van der Waals surface area contributed by atoms with Gasteiger partial charge in [0.15, 0.2) is 17.9 Å². The Morgan fingerprint density at radius 1 is 0.935 bits per heavy atom. The van der Waals surface area contributed by atoms with Gasteiger partial charge in [0.2, 0.25) is 10.0 Å². The summed E-state index contributed by atoms with van der Waals surface area (Å²) in [5.74, 6) is -2.48. The second kappa shape index (κ2) is 8.09. The SMILES string of the molecule is CC1(C)O[C@H]2[C@@H](O1)[C@@H](CCCS(=O)(=O)NC(=O)c1ccccc1)O[C@@H]1OC(C)(C)O[C@@H]12. The number of carbonyl (C=O) groups excluding carboxylic acids is 1. The van der Waals surface area contributed by atoms with Crippen LogP contribution in [0.3, 0.4) is 0 Å². The lowest BCUT2D eigenvalue weighted by Crippen LogP contribution is -2.55. The van der Waals surface area contributed by atoms with E-state index in [4.69, 9.17) is 23.7 Å². The molecule has 3 saturated heterocycles. The fraction of sp³-hybridized carbons (Fsp3) is 0.667. The van der Waals surface area contributed by atoms with Crippen molar-refractivity contribution in [3.05, 3.63) is 35.9 Å². The van der Waals surface area contributed by atoms with Gasteiger partial charge in [-0.15, -0.1) is 0 Å². The van der Waals surface area contributed by atoms with E-state index in [0.717, 1.165) is 0 Å². The predicted molar refractivity (Wildman–Crippen MR) is 109 cm³/mol. The van der Waals surface area contributed by atoms with Gasteiger partial charge in [0, 0.05) is 5.56 Å². The van der Waals surface area contributed by atoms with Crippen LogP contribution in [0.5, 0.6) is 0 Å². The van der Waals surface area contributed by atoms with Gasteiger partial charge in [-0.3, -0.25) is 4.79 Å². The summed E-state index contributed by atoms with van der Waals surface area (Å²) in [5, 5.41) is 0. The minimum absolute atomic E-state index is 0.218. The topological polar surface area (TPSA) is 109 Å². The Hall–Kier alpha value is -1.56. The Kier molecular flexibility index (Phi) is 5.91. The van der Waals surface area contributed by atoms with Crippen molar-refractivity contribution in [1.82, 2.24) is 4.72 Å². The summed E-state index contributed by atoms with van der Waals surface area (Å²) in [7, 11) is -3.79. The zero-order chi connectivity index (χ0) is 22.4. The van der Waals surface area contributed by atoms with Gasteiger partial charge in [0.1, 0.15) is 18.3 Å². The number of hydrogen-bond donors (Lipinski definition) is 1. The Labute approximate surface area is 182 Å². The minimum Gasteiger partial charge on any atom is -0.344 e. The third-order valence-electron chi connectivity index (χ3n) is 5.44. The molecule has 0 spiro atoms. The molecular weight excluding hydrogens is 426 g/mol. The molecule has 0 saturated carbocycles. The van der Waals surface area contributed by atoms with Gasteiger partial charge in [-0.05, 0) is 52.7 Å². The highest BCUT2D eigenvalue weighted by molar-refractivity contribution is 7.90. The highest BCUT2D eigenvalue weighted by Crippen LogP contribution is 2.44. The van der Waals surface area contributed by atoms with E-state index in [2.05, 4.69) is 4.72 Å². The fourth-order valence-corrected chi connectivity index (χ4v) is 5.29. The average Bonchev–Trinajstić information content (AvgIpc) is 3.16. The maximum absolute atomic E-state index is 12.4. The molecule has 0 aromatic heterocycles. The van der Waals surface area contributed by atoms with E-state index in [-0.39, 0.29) is 23.8 Å². The zero-order valence-electron chi connectivity index (χ0n) is 18.1. The number of ether oxygens (including phenoxy) is 5. The van der Waals surface area contributed by atoms with Crippen LogP contribution in [0.1, 0.15) is 50.9 Å². The first kappa shape index (κ1) is 22.6. The van der Waals surface area contributed by atoms with Crippen molar-refractivity contribution in [1.29, 1.82) is 0 Å². The summed E-state index contributed by atoms with van der Waals surface area (Å²) in [4.78, 5) is 12.2. The Balaban J connectivity index is 1.37. The molecule has 3 fully saturated rings. The van der Waals surface area contributed by atoms with Gasteiger partial charge in [-0.2, -0.15) is 0 Å². The van der Waals surface area contributed by atoms with Crippen molar-refractivity contribution in [2.24, 2.45) is 0 Å². The first-order chi connectivity index (χ1) is 14.4. The molecule has 10 heteroatoms. The van der Waals surface area contributed by atoms with Gasteiger partial charge in [-0.25, -0.2) is 13.1 Å². The second-order valence-corrected chi connectivity index (χ2v) is 10.8. The lowest BCUT2D eigenvalue weighted by molar-refractivity contribution is -0.234. The number of nitrogens with one attached hydrogen (secondary N) is 1. The molecule has 172 valence electrons. The molecule has 31 heavy (non-hydrogen) atoms. The number of carbonyl (C=O) groups is 1. The van der Waals surface area contributed by atoms with Gasteiger partial charge >= 0.3 is 0 Å². The van der Waals surface area contributed by atoms with Gasteiger partial charge < -0.3 is 23.7 Å². The van der Waals surface area contributed by atoms with Crippen LogP contribution in [0.4, 0.5) is 0 Å². The first-order valence-electron chi connectivity index (χ1n) is 10.4. The van der Waals surface area contributed by atoms with Crippen molar-refractivity contribution < 1.29 is 36.9 Å². The lowest BCUT2D eigenvalue weighted by atomic mass is 9.96. The molecule has 4 rings (SSSR count). The molecule has 0 unspecified atom stereocenters. The summed E-state index contributed by atoms with van der Waals surface area (Å²) in [5.41, 5.74) is 0.287. The molecular formula is C21H29NO8S. The minimum atomic E-state index is -3.79. The highest BCUT2D eigenvalue weighted by Gasteiger charge is 2.60. The van der Waals surface area contributed by atoms with Crippen molar-refractivity contribution in [3.8, 4) is 0 Å². The van der Waals surface area contributed by atoms with Gasteiger partial charge in [0.05, 0.1) is 11.9 Å². The Bertz CT molecular complexity index is 917. The van der Waals surface area contributed by atoms with Gasteiger partial charge in [-0.1, -0.05) is 18.2 Å². The molecule has 1 aromatic rings. The first-order valence-corrected chi connectivity index (χ1v) is 12.1. The summed E-state index contributed by atoms with van der Waals surface area (Å²) < 4.78 is 56.9. The summed E-state index contributed by atoms with van der Waals surface area (Å²) >= 11 is 0. The van der Waals surface area contributed by atoms with E-state index in [1.807, 2.05) is 27.7 Å². The molecule has 9 nitrogen and oxygen atoms in total. The van der Waals surface area contributed by atoms with Crippen LogP contribution in [-0.4, -0.2) is 62.4 Å². The molecule has 1 amide bonds. The van der Waals surface area contributed by atoms with Crippen LogP contribution >= 0.6 is 0 Å². The zero-order valence-corrected chi connectivity index (χ0v) is 18.9. The van der Waals surface area contributed by atoms with E-state index in [1.165, 1.54) is 0 Å². The number of sulfonamides is 1. The molecule has 3 heterocycles. The van der Waals surface area contributed by atoms with E-state index in [9.17, 15) is 13.2 Å². The van der Waals surface area contributed by atoms with Crippen molar-refractivity contribution in [2.45, 2.75) is 82.8 Å². The smallest absolute Gasteiger partial charge is 0.264 e. The van der Waals surface area contributed by atoms with Crippen LogP contribution in [0.2, 0.25) is 0 Å². The van der Waals surface area contributed by atoms with Crippen molar-refractivity contribution in [2.75, 3.05) is 5.75 Å². The van der Waals surface area contributed by atoms with Crippen LogP contribution in [0, 0.1) is 0 Å². The molecule has 3 aliphatic heterocycles. The maximum Gasteiger partial charge on any atom is 0.264 e. The summed E-state index contributed by atoms with van der Waals surface area (Å²) in [6.45, 7) is 7.26. The largest absolute Gasteiger partial charge is 0.344 e. The van der Waals surface area contributed by atoms with Crippen molar-refractivity contribution >= 4 is 15.9 Å². The monoisotopic (exact) mass is 455 g/mol. The average molecular weight is 456 g/mol. The van der Waals surface area contributed by atoms with Crippen molar-refractivity contribution in [3.63, 3.8) is 0 Å². The third kappa shape index (κ3) is 5.10. The second-order valence-electron chi connectivity index (χ2n) is 8.97. The van der Waals surface area contributed by atoms with Crippen LogP contribution in [0.15, 0.2) is 30.3 Å². The summed E-state index contributed by atoms with van der Waals surface area (Å²) in [6, 6.07) is 8.21. The standard InChI is InChI=1S/C21H29NO8S/c1-20(2)27-15-14(26-19-17(16(15)28-20)29-21(3,4)30-19)11-8-12-31(24,25)22-18(23)13-9-6-5-7-10-13/h5-7,9-10,14-17,19H,8,11-12H2,1-4H3,(H,22,23)/t14-,15+,16+,17-,19-/m1/s1. The van der Waals surface area contributed by atoms with Crippen LogP contribution < -0.4 is 4.72 Å². The van der Waals surface area contributed by atoms with Gasteiger partial charge in [0.25, 0.3) is 5.91 Å². The molecule has 5 atom stereocenters. The molecule has 1 N–H and O–H groups in total. The highest BCUT2D eigenvalue weighted by atomic mass is 32.2. The molecule has 3 aliphatic rings. The fourth-order valence-electron chi connectivity index (χ4n) is 4.24. The van der Waals surface area contributed by atoms with E-state index in [0.29, 0.717) is 6.42 Å². The number of rotatable bonds is 6. The summed E-state index contributed by atoms with van der Waals surface area (Å²) in [6.07, 6.45) is -1.58. The van der Waals surface area contributed by atoms with E-state index in [1.54, 1.807) is 30.3 Å². The third-order valence-corrected chi connectivity index (χ3v) is 6.76. The Morgan fingerprint density at radius 3 is 2.26 bits per heavy atom. The maximum atomic E-state index is 12.4. The quantitative estimate of drug-likeness (QED) is 0.693. The molecule has 0 aliphatic carbocycles. The van der Waals surface area contributed by atoms with Crippen LogP contribution in [0.25, 0.3) is 0 Å². The van der Waals surface area contributed by atoms with E-state index >= 15 is 0 Å². The van der Waals surface area contributed by atoms with Crippen LogP contribution in [-0.2, 0) is 33.7 Å². The molecule has 0 bridgehead atoms. The predicted octanol–water partition coefficient (Wildman–Crippen LogP) is 1.92. The Morgan fingerprint density at radius 2 is 1.55 bits per heavy atom. The number of fused-ring (bicyclic) bond motifs is 3. The number of amides is 1. The lowest BCUT2D eigenvalue weighted by Gasteiger charge is -2.37. The normalized spacial score (nSPS) is 33.5. The van der Waals surface area contributed by atoms with E-state index < -0.39 is 52.1 Å². The molecule has 0 radical (unpaired) electrons. The molecule has 1 aromatic carbocycles. The number of hydrogen-bond acceptors (Lipinski definition) is 8.